The number of carbonyl (C=O) groups is 1. The monoisotopic (exact) mass is 280 g/mol. The van der Waals surface area contributed by atoms with Crippen LogP contribution in [-0.2, 0) is 4.79 Å². The second kappa shape index (κ2) is 3.84. The van der Waals surface area contributed by atoms with Gasteiger partial charge in [-0.1, -0.05) is 12.1 Å². The predicted octanol–water partition coefficient (Wildman–Crippen LogP) is 2.39. The van der Waals surface area contributed by atoms with Crippen LogP contribution >= 0.6 is 22.6 Å². The third-order valence-corrected chi connectivity index (χ3v) is 2.10. The van der Waals surface area contributed by atoms with E-state index < -0.39 is 12.1 Å². The maximum absolute atomic E-state index is 12.8. The third-order valence-electron chi connectivity index (χ3n) is 1.38. The highest BCUT2D eigenvalue weighted by Gasteiger charge is 2.17. The van der Waals surface area contributed by atoms with Crippen LogP contribution in [0.1, 0.15) is 11.7 Å². The van der Waals surface area contributed by atoms with Gasteiger partial charge in [0.05, 0.1) is 0 Å². The van der Waals surface area contributed by atoms with Crippen molar-refractivity contribution in [3.05, 3.63) is 33.4 Å². The number of benzene rings is 1. The lowest BCUT2D eigenvalue weighted by molar-refractivity contribution is -0.143. The molecule has 0 bridgehead atoms. The Balaban J connectivity index is 2.89. The Morgan fingerprint density at radius 1 is 1.42 bits per heavy atom. The zero-order valence-electron chi connectivity index (χ0n) is 6.00. The summed E-state index contributed by atoms with van der Waals surface area (Å²) in [5.41, 5.74) is 0.183. The summed E-state index contributed by atoms with van der Waals surface area (Å²) in [6.45, 7) is 0. The molecule has 4 heteroatoms. The lowest BCUT2D eigenvalue weighted by Gasteiger charge is -2.01. The summed E-state index contributed by atoms with van der Waals surface area (Å²) in [6, 6.07) is 6.29. The van der Waals surface area contributed by atoms with E-state index in [2.05, 4.69) is 22.6 Å². The Morgan fingerprint density at radius 2 is 1.92 bits per heavy atom. The number of hydrogen-bond donors (Lipinski definition) is 1. The SMILES string of the molecule is O=C(O)C(F)c1ccc(I)cc1. The summed E-state index contributed by atoms with van der Waals surface area (Å²) in [5, 5.41) is 8.33. The van der Waals surface area contributed by atoms with Crippen LogP contribution in [0.2, 0.25) is 0 Å². The van der Waals surface area contributed by atoms with Crippen molar-refractivity contribution < 1.29 is 14.3 Å². The molecule has 1 N–H and O–H groups in total. The molecule has 0 aliphatic rings. The second-order valence-electron chi connectivity index (χ2n) is 2.25. The Morgan fingerprint density at radius 3 is 2.33 bits per heavy atom. The van der Waals surface area contributed by atoms with Gasteiger partial charge < -0.3 is 5.11 Å². The molecule has 0 spiro atoms. The molecule has 1 atom stereocenters. The molecular weight excluding hydrogens is 274 g/mol. The molecule has 0 saturated heterocycles. The Hall–Kier alpha value is -0.650. The highest BCUT2D eigenvalue weighted by atomic mass is 127. The van der Waals surface area contributed by atoms with Gasteiger partial charge in [0, 0.05) is 3.57 Å². The van der Waals surface area contributed by atoms with E-state index in [9.17, 15) is 9.18 Å². The first kappa shape index (κ1) is 9.44. The Labute approximate surface area is 82.5 Å². The van der Waals surface area contributed by atoms with Crippen molar-refractivity contribution in [2.45, 2.75) is 6.17 Å². The normalized spacial score (nSPS) is 12.5. The number of halogens is 2. The molecule has 1 aromatic rings. The number of carboxylic acids is 1. The summed E-state index contributed by atoms with van der Waals surface area (Å²) in [4.78, 5) is 10.2. The molecule has 1 unspecified atom stereocenters. The smallest absolute Gasteiger partial charge is 0.343 e. The molecule has 1 rings (SSSR count). The lowest BCUT2D eigenvalue weighted by Crippen LogP contribution is -2.05. The van der Waals surface area contributed by atoms with Gasteiger partial charge in [0.1, 0.15) is 0 Å². The Bertz CT molecular complexity index is 284. The molecule has 0 fully saturated rings. The molecule has 0 aliphatic heterocycles. The van der Waals surface area contributed by atoms with Crippen LogP contribution in [-0.4, -0.2) is 11.1 Å². The molecule has 64 valence electrons. The number of alkyl halides is 1. The standard InChI is InChI=1S/C8H6FIO2/c9-7(8(11)12)5-1-3-6(10)4-2-5/h1-4,7H,(H,11,12). The molecule has 1 aromatic carbocycles. The van der Waals surface area contributed by atoms with E-state index in [1.165, 1.54) is 12.1 Å². The number of carboxylic acid groups (broad SMARTS) is 1. The minimum atomic E-state index is -1.91. The summed E-state index contributed by atoms with van der Waals surface area (Å²) in [6.07, 6.45) is -1.91. The van der Waals surface area contributed by atoms with Gasteiger partial charge in [0.2, 0.25) is 6.17 Å². The van der Waals surface area contributed by atoms with Crippen LogP contribution < -0.4 is 0 Å². The van der Waals surface area contributed by atoms with Gasteiger partial charge in [0.15, 0.2) is 0 Å². The highest BCUT2D eigenvalue weighted by Crippen LogP contribution is 2.18. The zero-order chi connectivity index (χ0) is 9.14. The van der Waals surface area contributed by atoms with E-state index in [4.69, 9.17) is 5.11 Å². The maximum atomic E-state index is 12.8. The predicted molar refractivity (Wildman–Crippen MR) is 50.6 cm³/mol. The van der Waals surface area contributed by atoms with Crippen LogP contribution in [0.5, 0.6) is 0 Å². The molecule has 0 radical (unpaired) electrons. The van der Waals surface area contributed by atoms with E-state index in [0.717, 1.165) is 3.57 Å². The molecule has 12 heavy (non-hydrogen) atoms. The highest BCUT2D eigenvalue weighted by molar-refractivity contribution is 14.1. The minimum absolute atomic E-state index is 0.183. The van der Waals surface area contributed by atoms with Crippen LogP contribution in [0.25, 0.3) is 0 Å². The quantitative estimate of drug-likeness (QED) is 0.844. The van der Waals surface area contributed by atoms with Crippen molar-refractivity contribution in [2.24, 2.45) is 0 Å². The van der Waals surface area contributed by atoms with Gasteiger partial charge >= 0.3 is 5.97 Å². The molecule has 0 saturated carbocycles. The van der Waals surface area contributed by atoms with Crippen molar-refractivity contribution in [2.75, 3.05) is 0 Å². The average Bonchev–Trinajstić information content (AvgIpc) is 2.04. The topological polar surface area (TPSA) is 37.3 Å². The fourth-order valence-corrected chi connectivity index (χ4v) is 1.13. The lowest BCUT2D eigenvalue weighted by atomic mass is 10.1. The molecule has 0 aliphatic carbocycles. The van der Waals surface area contributed by atoms with E-state index >= 15 is 0 Å². The fraction of sp³-hybridized carbons (Fsp3) is 0.125. The molecular formula is C8H6FIO2. The van der Waals surface area contributed by atoms with Crippen LogP contribution in [0.15, 0.2) is 24.3 Å². The number of hydrogen-bond acceptors (Lipinski definition) is 1. The second-order valence-corrected chi connectivity index (χ2v) is 3.50. The number of aliphatic carboxylic acids is 1. The van der Waals surface area contributed by atoms with Crippen molar-refractivity contribution in [3.63, 3.8) is 0 Å². The molecule has 0 aromatic heterocycles. The van der Waals surface area contributed by atoms with Gasteiger partial charge in [-0.3, -0.25) is 0 Å². The molecule has 2 nitrogen and oxygen atoms in total. The van der Waals surface area contributed by atoms with Crippen LogP contribution in [0, 0.1) is 3.57 Å². The molecule has 0 heterocycles. The van der Waals surface area contributed by atoms with Crippen molar-refractivity contribution in [1.82, 2.24) is 0 Å². The first-order valence-electron chi connectivity index (χ1n) is 3.23. The van der Waals surface area contributed by atoms with E-state index in [-0.39, 0.29) is 5.56 Å². The van der Waals surface area contributed by atoms with Gasteiger partial charge in [-0.15, -0.1) is 0 Å². The zero-order valence-corrected chi connectivity index (χ0v) is 8.16. The van der Waals surface area contributed by atoms with Gasteiger partial charge in [-0.05, 0) is 40.3 Å². The molecule has 0 amide bonds. The van der Waals surface area contributed by atoms with E-state index in [0.29, 0.717) is 0 Å². The van der Waals surface area contributed by atoms with Gasteiger partial charge in [0.25, 0.3) is 0 Å². The Kier molecular flexibility index (Phi) is 3.02. The summed E-state index contributed by atoms with van der Waals surface area (Å²) < 4.78 is 13.7. The van der Waals surface area contributed by atoms with Crippen molar-refractivity contribution >= 4 is 28.6 Å². The minimum Gasteiger partial charge on any atom is -0.479 e. The first-order valence-corrected chi connectivity index (χ1v) is 4.31. The average molecular weight is 280 g/mol. The summed E-state index contributed by atoms with van der Waals surface area (Å²) >= 11 is 2.07. The van der Waals surface area contributed by atoms with Crippen molar-refractivity contribution in [1.29, 1.82) is 0 Å². The van der Waals surface area contributed by atoms with Crippen molar-refractivity contribution in [3.8, 4) is 0 Å². The number of rotatable bonds is 2. The first-order chi connectivity index (χ1) is 5.61. The summed E-state index contributed by atoms with van der Waals surface area (Å²) in [7, 11) is 0. The third kappa shape index (κ3) is 2.17. The fourth-order valence-electron chi connectivity index (χ4n) is 0.774. The van der Waals surface area contributed by atoms with E-state index in [1.807, 2.05) is 0 Å². The van der Waals surface area contributed by atoms with Crippen LogP contribution in [0.4, 0.5) is 4.39 Å². The van der Waals surface area contributed by atoms with E-state index in [1.54, 1.807) is 12.1 Å². The summed E-state index contributed by atoms with van der Waals surface area (Å²) in [5.74, 6) is -1.45. The van der Waals surface area contributed by atoms with Gasteiger partial charge in [-0.25, -0.2) is 9.18 Å². The van der Waals surface area contributed by atoms with Crippen LogP contribution in [0.3, 0.4) is 0 Å². The van der Waals surface area contributed by atoms with Gasteiger partial charge in [-0.2, -0.15) is 0 Å². The maximum Gasteiger partial charge on any atom is 0.343 e. The largest absolute Gasteiger partial charge is 0.479 e.